The first-order valence-corrected chi connectivity index (χ1v) is 6.67. The van der Waals surface area contributed by atoms with Crippen LogP contribution >= 0.6 is 11.6 Å². The third-order valence-corrected chi connectivity index (χ3v) is 3.11. The maximum Gasteiger partial charge on any atom is 0.328 e. The highest BCUT2D eigenvalue weighted by molar-refractivity contribution is 6.31. The Hall–Kier alpha value is -2.33. The third kappa shape index (κ3) is 4.61. The molecular weight excluding hydrogens is 290 g/mol. The van der Waals surface area contributed by atoms with E-state index in [1.807, 2.05) is 25.1 Å². The van der Waals surface area contributed by atoms with Gasteiger partial charge in [0.15, 0.2) is 0 Å². The SMILES string of the molecule is Cc1ccc(COc2ccc(/C=C/C(=O)O)nc2)c(Cl)c1. The lowest BCUT2D eigenvalue weighted by Crippen LogP contribution is -1.97. The number of pyridine rings is 1. The molecule has 0 atom stereocenters. The number of nitrogens with zero attached hydrogens (tertiary/aromatic N) is 1. The molecule has 0 aliphatic heterocycles. The number of hydrogen-bond acceptors (Lipinski definition) is 3. The van der Waals surface area contributed by atoms with Gasteiger partial charge in [0.25, 0.3) is 0 Å². The number of carbonyl (C=O) groups is 1. The number of carboxylic acid groups (broad SMARTS) is 1. The number of benzene rings is 1. The van der Waals surface area contributed by atoms with Crippen molar-refractivity contribution in [1.29, 1.82) is 0 Å². The Morgan fingerprint density at radius 3 is 2.81 bits per heavy atom. The van der Waals surface area contributed by atoms with Crippen molar-refractivity contribution < 1.29 is 14.6 Å². The predicted molar refractivity (Wildman–Crippen MR) is 81.4 cm³/mol. The van der Waals surface area contributed by atoms with Crippen LogP contribution in [0.2, 0.25) is 5.02 Å². The second-order valence-electron chi connectivity index (χ2n) is 4.47. The molecule has 0 fully saturated rings. The molecule has 0 amide bonds. The highest BCUT2D eigenvalue weighted by Gasteiger charge is 2.02. The Labute approximate surface area is 127 Å². The minimum atomic E-state index is -1.01. The van der Waals surface area contributed by atoms with Crippen LogP contribution in [0.25, 0.3) is 6.08 Å². The highest BCUT2D eigenvalue weighted by Crippen LogP contribution is 2.20. The fourth-order valence-electron chi connectivity index (χ4n) is 1.66. The van der Waals surface area contributed by atoms with Crippen molar-refractivity contribution in [3.63, 3.8) is 0 Å². The van der Waals surface area contributed by atoms with Gasteiger partial charge in [-0.1, -0.05) is 23.7 Å². The van der Waals surface area contributed by atoms with E-state index in [0.29, 0.717) is 23.1 Å². The molecule has 0 unspecified atom stereocenters. The molecule has 0 saturated heterocycles. The number of halogens is 1. The van der Waals surface area contributed by atoms with Gasteiger partial charge in [-0.25, -0.2) is 4.79 Å². The molecule has 0 radical (unpaired) electrons. The number of ether oxygens (including phenoxy) is 1. The van der Waals surface area contributed by atoms with E-state index in [4.69, 9.17) is 21.4 Å². The summed E-state index contributed by atoms with van der Waals surface area (Å²) in [7, 11) is 0. The number of rotatable bonds is 5. The highest BCUT2D eigenvalue weighted by atomic mass is 35.5. The number of aryl methyl sites for hydroxylation is 1. The Balaban J connectivity index is 1.99. The number of aliphatic carboxylic acids is 1. The fraction of sp³-hybridized carbons (Fsp3) is 0.125. The first kappa shape index (κ1) is 15.1. The van der Waals surface area contributed by atoms with Crippen molar-refractivity contribution in [1.82, 2.24) is 4.98 Å². The molecular formula is C16H14ClNO3. The van der Waals surface area contributed by atoms with Crippen LogP contribution in [-0.2, 0) is 11.4 Å². The zero-order valence-electron chi connectivity index (χ0n) is 11.4. The molecule has 1 aromatic carbocycles. The number of aromatic nitrogens is 1. The zero-order valence-corrected chi connectivity index (χ0v) is 12.2. The summed E-state index contributed by atoms with van der Waals surface area (Å²) in [4.78, 5) is 14.5. The maximum atomic E-state index is 10.4. The second-order valence-corrected chi connectivity index (χ2v) is 4.88. The normalized spacial score (nSPS) is 10.8. The largest absolute Gasteiger partial charge is 0.487 e. The quantitative estimate of drug-likeness (QED) is 0.855. The summed E-state index contributed by atoms with van der Waals surface area (Å²) in [6, 6.07) is 9.21. The van der Waals surface area contributed by atoms with Crippen LogP contribution in [0.4, 0.5) is 0 Å². The zero-order chi connectivity index (χ0) is 15.2. The van der Waals surface area contributed by atoms with Crippen LogP contribution in [0, 0.1) is 6.92 Å². The van der Waals surface area contributed by atoms with Gasteiger partial charge in [0.05, 0.1) is 11.9 Å². The lowest BCUT2D eigenvalue weighted by molar-refractivity contribution is -0.131. The molecule has 1 heterocycles. The van der Waals surface area contributed by atoms with Gasteiger partial charge in [0, 0.05) is 16.7 Å². The third-order valence-electron chi connectivity index (χ3n) is 2.76. The molecule has 0 aliphatic carbocycles. The van der Waals surface area contributed by atoms with E-state index in [1.54, 1.807) is 18.3 Å². The summed E-state index contributed by atoms with van der Waals surface area (Å²) < 4.78 is 5.61. The van der Waals surface area contributed by atoms with Gasteiger partial charge in [-0.05, 0) is 36.8 Å². The van der Waals surface area contributed by atoms with Crippen LogP contribution < -0.4 is 4.74 Å². The van der Waals surface area contributed by atoms with E-state index in [0.717, 1.165) is 17.2 Å². The Kier molecular flexibility index (Phi) is 4.95. The summed E-state index contributed by atoms with van der Waals surface area (Å²) in [5, 5.41) is 9.20. The first-order valence-electron chi connectivity index (χ1n) is 6.29. The number of carboxylic acids is 1. The van der Waals surface area contributed by atoms with Crippen LogP contribution in [0.3, 0.4) is 0 Å². The van der Waals surface area contributed by atoms with Crippen LogP contribution in [0.1, 0.15) is 16.8 Å². The topological polar surface area (TPSA) is 59.4 Å². The molecule has 5 heteroatoms. The van der Waals surface area contributed by atoms with Gasteiger partial charge < -0.3 is 9.84 Å². The molecule has 0 aliphatic rings. The molecule has 1 aromatic heterocycles. The van der Waals surface area contributed by atoms with Gasteiger partial charge in [-0.15, -0.1) is 0 Å². The smallest absolute Gasteiger partial charge is 0.328 e. The van der Waals surface area contributed by atoms with Gasteiger partial charge in [-0.3, -0.25) is 4.98 Å². The maximum absolute atomic E-state index is 10.4. The summed E-state index contributed by atoms with van der Waals surface area (Å²) in [5.41, 5.74) is 2.55. The van der Waals surface area contributed by atoms with Crippen molar-refractivity contribution in [2.24, 2.45) is 0 Å². The summed E-state index contributed by atoms with van der Waals surface area (Å²) in [6.07, 6.45) is 4.00. The Morgan fingerprint density at radius 1 is 1.38 bits per heavy atom. The molecule has 0 bridgehead atoms. The minimum Gasteiger partial charge on any atom is -0.487 e. The van der Waals surface area contributed by atoms with Crippen molar-refractivity contribution in [3.05, 3.63) is 64.4 Å². The van der Waals surface area contributed by atoms with E-state index in [1.165, 1.54) is 6.08 Å². The van der Waals surface area contributed by atoms with Gasteiger partial charge >= 0.3 is 5.97 Å². The van der Waals surface area contributed by atoms with Crippen molar-refractivity contribution >= 4 is 23.6 Å². The van der Waals surface area contributed by atoms with Crippen LogP contribution in [0.15, 0.2) is 42.6 Å². The van der Waals surface area contributed by atoms with Gasteiger partial charge in [0.2, 0.25) is 0 Å². The van der Waals surface area contributed by atoms with E-state index >= 15 is 0 Å². The fourth-order valence-corrected chi connectivity index (χ4v) is 1.95. The summed E-state index contributed by atoms with van der Waals surface area (Å²) in [6.45, 7) is 2.33. The van der Waals surface area contributed by atoms with Crippen LogP contribution in [0.5, 0.6) is 5.75 Å². The summed E-state index contributed by atoms with van der Waals surface area (Å²) in [5.74, 6) is -0.412. The molecule has 0 spiro atoms. The monoisotopic (exact) mass is 303 g/mol. The van der Waals surface area contributed by atoms with Crippen molar-refractivity contribution in [2.75, 3.05) is 0 Å². The van der Waals surface area contributed by atoms with E-state index in [2.05, 4.69) is 4.98 Å². The molecule has 108 valence electrons. The Morgan fingerprint density at radius 2 is 2.19 bits per heavy atom. The molecule has 2 aromatic rings. The lowest BCUT2D eigenvalue weighted by Gasteiger charge is -2.08. The Bertz CT molecular complexity index is 666. The van der Waals surface area contributed by atoms with Crippen molar-refractivity contribution in [2.45, 2.75) is 13.5 Å². The average molecular weight is 304 g/mol. The van der Waals surface area contributed by atoms with E-state index in [-0.39, 0.29) is 0 Å². The van der Waals surface area contributed by atoms with E-state index < -0.39 is 5.97 Å². The van der Waals surface area contributed by atoms with Gasteiger partial charge in [-0.2, -0.15) is 0 Å². The second kappa shape index (κ2) is 6.90. The molecule has 1 N–H and O–H groups in total. The minimum absolute atomic E-state index is 0.352. The van der Waals surface area contributed by atoms with Crippen molar-refractivity contribution in [3.8, 4) is 5.75 Å². The lowest BCUT2D eigenvalue weighted by atomic mass is 10.2. The van der Waals surface area contributed by atoms with E-state index in [9.17, 15) is 4.79 Å². The standard InChI is InChI=1S/C16H14ClNO3/c1-11-2-3-12(15(17)8-11)10-21-14-6-4-13(18-9-14)5-7-16(19)20/h2-9H,10H2,1H3,(H,19,20)/b7-5+. The van der Waals surface area contributed by atoms with Crippen LogP contribution in [-0.4, -0.2) is 16.1 Å². The molecule has 21 heavy (non-hydrogen) atoms. The number of hydrogen-bond donors (Lipinski definition) is 1. The summed E-state index contributed by atoms with van der Waals surface area (Å²) >= 11 is 6.13. The predicted octanol–water partition coefficient (Wildman–Crippen LogP) is 3.72. The first-order chi connectivity index (χ1) is 10.0. The van der Waals surface area contributed by atoms with Gasteiger partial charge in [0.1, 0.15) is 12.4 Å². The average Bonchev–Trinajstić information content (AvgIpc) is 2.45. The molecule has 2 rings (SSSR count). The molecule has 4 nitrogen and oxygen atoms in total. The molecule has 0 saturated carbocycles.